The highest BCUT2D eigenvalue weighted by atomic mass is 15.1. The summed E-state index contributed by atoms with van der Waals surface area (Å²) < 4.78 is 0. The molecule has 0 spiro atoms. The van der Waals surface area contributed by atoms with Gasteiger partial charge in [-0.05, 0) is 83.9 Å². The number of amidine groups is 1. The fraction of sp³-hybridized carbons (Fsp3) is 0.0435. The molecule has 1 atom stereocenters. The van der Waals surface area contributed by atoms with Gasteiger partial charge < -0.3 is 11.1 Å². The second-order valence-corrected chi connectivity index (χ2v) is 12.5. The maximum atomic E-state index is 9.14. The van der Waals surface area contributed by atoms with Crippen molar-refractivity contribution in [3.63, 3.8) is 0 Å². The van der Waals surface area contributed by atoms with Crippen molar-refractivity contribution in [3.05, 3.63) is 192 Å². The number of hydrogen-bond donors (Lipinski definition) is 2. The molecule has 0 aliphatic carbocycles. The first-order valence-electron chi connectivity index (χ1n) is 16.8. The van der Waals surface area contributed by atoms with Crippen LogP contribution in [0, 0.1) is 11.3 Å². The minimum atomic E-state index is -0.427. The van der Waals surface area contributed by atoms with Gasteiger partial charge in [0.15, 0.2) is 0 Å². The summed E-state index contributed by atoms with van der Waals surface area (Å²) in [7, 11) is 0. The molecule has 8 aromatic rings. The number of nitriles is 1. The molecule has 0 aromatic heterocycles. The predicted octanol–water partition coefficient (Wildman–Crippen LogP) is 10.5. The fourth-order valence-electron chi connectivity index (χ4n) is 6.75. The van der Waals surface area contributed by atoms with Gasteiger partial charge in [-0.2, -0.15) is 5.26 Å². The maximum Gasteiger partial charge on any atom is 0.130 e. The van der Waals surface area contributed by atoms with Crippen molar-refractivity contribution < 1.29 is 0 Å². The summed E-state index contributed by atoms with van der Waals surface area (Å²) in [5.41, 5.74) is 14.9. The Labute approximate surface area is 291 Å². The molecule has 0 aliphatic rings. The van der Waals surface area contributed by atoms with Gasteiger partial charge in [-0.15, -0.1) is 0 Å². The second-order valence-electron chi connectivity index (χ2n) is 12.5. The number of rotatable bonds is 7. The number of aliphatic imine (C=N–C) groups is 1. The molecule has 0 bridgehead atoms. The normalized spacial score (nSPS) is 12.2. The lowest BCUT2D eigenvalue weighted by Crippen LogP contribution is -2.34. The van der Waals surface area contributed by atoms with E-state index in [4.69, 9.17) is 16.0 Å². The molecule has 8 aromatic carbocycles. The summed E-state index contributed by atoms with van der Waals surface area (Å²) in [4.78, 5) is 5.08. The molecule has 0 fully saturated rings. The molecule has 0 saturated carbocycles. The Kier molecular flexibility index (Phi) is 8.32. The van der Waals surface area contributed by atoms with E-state index in [-0.39, 0.29) is 0 Å². The summed E-state index contributed by atoms with van der Waals surface area (Å²) >= 11 is 0. The highest BCUT2D eigenvalue weighted by molar-refractivity contribution is 6.20. The van der Waals surface area contributed by atoms with Gasteiger partial charge in [-0.25, -0.2) is 0 Å². The van der Waals surface area contributed by atoms with Crippen LogP contribution in [-0.2, 0) is 6.54 Å². The van der Waals surface area contributed by atoms with Crippen LogP contribution in [0.25, 0.3) is 54.6 Å². The van der Waals surface area contributed by atoms with Gasteiger partial charge in [-0.1, -0.05) is 152 Å². The average molecular weight is 643 g/mol. The Bertz CT molecular complexity index is 2530. The molecule has 4 heteroatoms. The van der Waals surface area contributed by atoms with Gasteiger partial charge in [0.05, 0.1) is 18.2 Å². The third-order valence-corrected chi connectivity index (χ3v) is 9.39. The monoisotopic (exact) mass is 642 g/mol. The number of nitrogens with zero attached hydrogens (tertiary/aromatic N) is 2. The molecule has 50 heavy (non-hydrogen) atoms. The lowest BCUT2D eigenvalue weighted by atomic mass is 9.89. The van der Waals surface area contributed by atoms with Gasteiger partial charge in [0.2, 0.25) is 0 Å². The van der Waals surface area contributed by atoms with Crippen molar-refractivity contribution in [1.82, 2.24) is 5.32 Å². The third-order valence-electron chi connectivity index (χ3n) is 9.39. The Hall–Kier alpha value is -6.54. The van der Waals surface area contributed by atoms with Crippen LogP contribution in [0.1, 0.15) is 28.4 Å². The van der Waals surface area contributed by atoms with E-state index >= 15 is 0 Å². The van der Waals surface area contributed by atoms with Crippen LogP contribution in [-0.4, -0.2) is 5.84 Å². The Balaban J connectivity index is 1.15. The van der Waals surface area contributed by atoms with E-state index in [1.165, 1.54) is 37.9 Å². The average Bonchev–Trinajstić information content (AvgIpc) is 3.19. The largest absolute Gasteiger partial charge is 0.351 e. The van der Waals surface area contributed by atoms with E-state index < -0.39 is 6.17 Å². The predicted molar refractivity (Wildman–Crippen MR) is 208 cm³/mol. The molecule has 1 unspecified atom stereocenters. The van der Waals surface area contributed by atoms with Gasteiger partial charge in [-0.3, -0.25) is 4.99 Å². The number of nitrogens with one attached hydrogen (secondary N) is 1. The van der Waals surface area contributed by atoms with Gasteiger partial charge in [0.1, 0.15) is 12.0 Å². The van der Waals surface area contributed by atoms with Crippen molar-refractivity contribution in [2.75, 3.05) is 0 Å². The van der Waals surface area contributed by atoms with Crippen LogP contribution >= 0.6 is 0 Å². The molecule has 4 nitrogen and oxygen atoms in total. The standard InChI is InChI=1S/C46H34N4/c47-29-31-14-18-33(19-15-31)34-20-16-32(17-21-34)30-49-46(50-45(48)37-9-2-1-3-10-37)38-24-22-36(23-25-38)44-41-13-7-5-11-39(41)28-43-40-12-6-4-8-35(40)26-27-42(43)44/h1-28,45H,30,48H2,(H,49,50). The van der Waals surface area contributed by atoms with E-state index in [0.29, 0.717) is 12.1 Å². The smallest absolute Gasteiger partial charge is 0.130 e. The maximum absolute atomic E-state index is 9.14. The van der Waals surface area contributed by atoms with Crippen molar-refractivity contribution in [1.29, 1.82) is 5.26 Å². The molecule has 0 heterocycles. The van der Waals surface area contributed by atoms with Crippen molar-refractivity contribution in [2.45, 2.75) is 12.7 Å². The minimum Gasteiger partial charge on any atom is -0.351 e. The van der Waals surface area contributed by atoms with Crippen LogP contribution in [0.3, 0.4) is 0 Å². The van der Waals surface area contributed by atoms with Crippen LogP contribution < -0.4 is 11.1 Å². The summed E-state index contributed by atoms with van der Waals surface area (Å²) in [6.07, 6.45) is -0.427. The zero-order chi connectivity index (χ0) is 33.9. The van der Waals surface area contributed by atoms with E-state index in [2.05, 4.69) is 127 Å². The first-order chi connectivity index (χ1) is 24.6. The van der Waals surface area contributed by atoms with Crippen LogP contribution in [0.4, 0.5) is 0 Å². The molecule has 238 valence electrons. The molecule has 0 aliphatic heterocycles. The molecule has 3 N–H and O–H groups in total. The summed E-state index contributed by atoms with van der Waals surface area (Å²) in [6.45, 7) is 0.486. The van der Waals surface area contributed by atoms with Crippen LogP contribution in [0.2, 0.25) is 0 Å². The summed E-state index contributed by atoms with van der Waals surface area (Å²) in [6, 6.07) is 61.0. The SMILES string of the molecule is N#Cc1ccc(-c2ccc(C/N=C(\NC(N)c3ccccc3)c3ccc(-c4c5ccccc5cc5c4ccc4ccccc45)cc3)cc2)cc1. The van der Waals surface area contributed by atoms with Gasteiger partial charge in [0.25, 0.3) is 0 Å². The van der Waals surface area contributed by atoms with Crippen LogP contribution in [0.15, 0.2) is 175 Å². The summed E-state index contributed by atoms with van der Waals surface area (Å²) in [5.74, 6) is 0.734. The van der Waals surface area contributed by atoms with E-state index in [0.717, 1.165) is 39.2 Å². The van der Waals surface area contributed by atoms with Gasteiger partial charge in [0, 0.05) is 5.56 Å². The third kappa shape index (κ3) is 6.10. The molecule has 8 rings (SSSR count). The quantitative estimate of drug-likeness (QED) is 0.0597. The molecular formula is C46H34N4. The highest BCUT2D eigenvalue weighted by Gasteiger charge is 2.15. The van der Waals surface area contributed by atoms with E-state index in [9.17, 15) is 0 Å². The summed E-state index contributed by atoms with van der Waals surface area (Å²) in [5, 5.41) is 20.1. The Morgan fingerprint density at radius 3 is 1.92 bits per heavy atom. The van der Waals surface area contributed by atoms with Crippen molar-refractivity contribution in [2.24, 2.45) is 10.7 Å². The Morgan fingerprint density at radius 2 is 1.20 bits per heavy atom. The molecule has 0 amide bonds. The minimum absolute atomic E-state index is 0.427. The Morgan fingerprint density at radius 1 is 0.580 bits per heavy atom. The molecule has 0 radical (unpaired) electrons. The zero-order valence-corrected chi connectivity index (χ0v) is 27.4. The number of nitrogens with two attached hydrogens (primary N) is 1. The molecule has 0 saturated heterocycles. The van der Waals surface area contributed by atoms with E-state index in [1.807, 2.05) is 54.6 Å². The highest BCUT2D eigenvalue weighted by Crippen LogP contribution is 2.39. The lowest BCUT2D eigenvalue weighted by molar-refractivity contribution is 0.679. The second kappa shape index (κ2) is 13.5. The van der Waals surface area contributed by atoms with Gasteiger partial charge >= 0.3 is 0 Å². The zero-order valence-electron chi connectivity index (χ0n) is 27.4. The number of hydrogen-bond acceptors (Lipinski definition) is 3. The van der Waals surface area contributed by atoms with E-state index in [1.54, 1.807) is 0 Å². The topological polar surface area (TPSA) is 74.2 Å². The first-order valence-corrected chi connectivity index (χ1v) is 16.8. The number of fused-ring (bicyclic) bond motifs is 4. The van der Waals surface area contributed by atoms with Crippen LogP contribution in [0.5, 0.6) is 0 Å². The lowest BCUT2D eigenvalue weighted by Gasteiger charge is -2.19. The molecular weight excluding hydrogens is 609 g/mol. The van der Waals surface area contributed by atoms with Crippen molar-refractivity contribution >= 4 is 38.2 Å². The van der Waals surface area contributed by atoms with Crippen molar-refractivity contribution in [3.8, 4) is 28.3 Å². The first kappa shape index (κ1) is 30.8. The fourth-order valence-corrected chi connectivity index (χ4v) is 6.75. The number of benzene rings is 8.